The van der Waals surface area contributed by atoms with E-state index >= 15 is 0 Å². The van der Waals surface area contributed by atoms with E-state index in [9.17, 15) is 19.7 Å². The summed E-state index contributed by atoms with van der Waals surface area (Å²) in [5, 5.41) is 16.8. The maximum absolute atomic E-state index is 13.1. The van der Waals surface area contributed by atoms with Gasteiger partial charge in [-0.05, 0) is 29.3 Å². The Morgan fingerprint density at radius 1 is 1.11 bits per heavy atom. The van der Waals surface area contributed by atoms with Crippen LogP contribution in [0.15, 0.2) is 77.9 Å². The topological polar surface area (TPSA) is 137 Å². The lowest BCUT2D eigenvalue weighted by Gasteiger charge is -2.22. The summed E-state index contributed by atoms with van der Waals surface area (Å²) in [7, 11) is 1.57. The molecule has 4 rings (SSSR count). The van der Waals surface area contributed by atoms with E-state index in [1.165, 1.54) is 17.1 Å². The Balaban J connectivity index is 1.55. The number of nitro groups is 1. The van der Waals surface area contributed by atoms with Crippen molar-refractivity contribution in [2.75, 3.05) is 19.5 Å². The smallest absolute Gasteiger partial charge is 0.341 e. The van der Waals surface area contributed by atoms with Crippen LogP contribution >= 0.6 is 0 Å². The molecule has 0 radical (unpaired) electrons. The molecule has 10 heteroatoms. The fourth-order valence-corrected chi connectivity index (χ4v) is 3.74. The van der Waals surface area contributed by atoms with Crippen LogP contribution in [-0.4, -0.2) is 41.2 Å². The standard InChI is InChI=1S/C25H22N4O6/c1-34-19-10-7-17(8-11-19)23-14-22(16-5-3-2-4-6-16)27-28(23)24(30)15-35-25(31)20-13-18(29(32)33)9-12-21(20)26/h2-13,23H,14-15,26H2,1H3. The number of rotatable bonds is 7. The van der Waals surface area contributed by atoms with Crippen LogP contribution in [0, 0.1) is 10.1 Å². The molecule has 10 nitrogen and oxygen atoms in total. The molecule has 0 saturated heterocycles. The Morgan fingerprint density at radius 2 is 1.83 bits per heavy atom. The van der Waals surface area contributed by atoms with Crippen molar-refractivity contribution in [1.82, 2.24) is 5.01 Å². The van der Waals surface area contributed by atoms with Gasteiger partial charge in [-0.25, -0.2) is 9.80 Å². The van der Waals surface area contributed by atoms with Gasteiger partial charge in [0.25, 0.3) is 11.6 Å². The number of hydrogen-bond donors (Lipinski definition) is 1. The van der Waals surface area contributed by atoms with Crippen LogP contribution in [0.1, 0.15) is 33.9 Å². The molecule has 1 aliphatic heterocycles. The number of anilines is 1. The van der Waals surface area contributed by atoms with Crippen molar-refractivity contribution in [1.29, 1.82) is 0 Å². The number of nitrogen functional groups attached to an aromatic ring is 1. The molecule has 0 saturated carbocycles. The number of amides is 1. The molecular weight excluding hydrogens is 452 g/mol. The third-order valence-corrected chi connectivity index (χ3v) is 5.57. The summed E-state index contributed by atoms with van der Waals surface area (Å²) < 4.78 is 10.4. The Bertz CT molecular complexity index is 1290. The van der Waals surface area contributed by atoms with Crippen LogP contribution in [0.25, 0.3) is 0 Å². The number of hydrazone groups is 1. The molecule has 178 valence electrons. The zero-order valence-corrected chi connectivity index (χ0v) is 18.8. The summed E-state index contributed by atoms with van der Waals surface area (Å²) in [4.78, 5) is 36.0. The summed E-state index contributed by atoms with van der Waals surface area (Å²) >= 11 is 0. The summed E-state index contributed by atoms with van der Waals surface area (Å²) in [5.41, 5.74) is 7.71. The van der Waals surface area contributed by atoms with Gasteiger partial charge < -0.3 is 15.2 Å². The van der Waals surface area contributed by atoms with E-state index < -0.39 is 29.4 Å². The number of esters is 1. The van der Waals surface area contributed by atoms with E-state index in [1.54, 1.807) is 19.2 Å². The Labute approximate surface area is 200 Å². The first-order valence-corrected chi connectivity index (χ1v) is 10.7. The normalized spacial score (nSPS) is 14.8. The number of nitro benzene ring substituents is 1. The van der Waals surface area contributed by atoms with Crippen molar-refractivity contribution in [3.05, 3.63) is 99.6 Å². The average Bonchev–Trinajstić information content (AvgIpc) is 3.33. The van der Waals surface area contributed by atoms with Gasteiger partial charge in [0.15, 0.2) is 6.61 Å². The quantitative estimate of drug-likeness (QED) is 0.238. The third kappa shape index (κ3) is 5.11. The summed E-state index contributed by atoms with van der Waals surface area (Å²) in [6.45, 7) is -0.612. The highest BCUT2D eigenvalue weighted by Crippen LogP contribution is 2.33. The van der Waals surface area contributed by atoms with E-state index in [0.29, 0.717) is 17.9 Å². The maximum Gasteiger partial charge on any atom is 0.341 e. The lowest BCUT2D eigenvalue weighted by atomic mass is 9.98. The minimum absolute atomic E-state index is 0.00900. The number of carbonyl (C=O) groups is 2. The summed E-state index contributed by atoms with van der Waals surface area (Å²) in [5.74, 6) is -0.807. The monoisotopic (exact) mass is 474 g/mol. The molecule has 3 aromatic rings. The lowest BCUT2D eigenvalue weighted by molar-refractivity contribution is -0.384. The largest absolute Gasteiger partial charge is 0.497 e. The number of benzene rings is 3. The average molecular weight is 474 g/mol. The minimum atomic E-state index is -0.938. The summed E-state index contributed by atoms with van der Waals surface area (Å²) in [6, 6.07) is 19.8. The predicted octanol–water partition coefficient (Wildman–Crippen LogP) is 3.72. The predicted molar refractivity (Wildman–Crippen MR) is 128 cm³/mol. The van der Waals surface area contributed by atoms with E-state index in [4.69, 9.17) is 15.2 Å². The highest BCUT2D eigenvalue weighted by molar-refractivity contribution is 6.03. The SMILES string of the molecule is COc1ccc(C2CC(c3ccccc3)=NN2C(=O)COC(=O)c2cc([N+](=O)[O-])ccc2N)cc1. The van der Waals surface area contributed by atoms with Gasteiger partial charge in [0.05, 0.1) is 29.4 Å². The highest BCUT2D eigenvalue weighted by Gasteiger charge is 2.33. The number of nitrogens with two attached hydrogens (primary N) is 1. The van der Waals surface area contributed by atoms with Crippen LogP contribution in [-0.2, 0) is 9.53 Å². The molecule has 0 aromatic heterocycles. The zero-order valence-electron chi connectivity index (χ0n) is 18.8. The fourth-order valence-electron chi connectivity index (χ4n) is 3.74. The number of ether oxygens (including phenoxy) is 2. The molecule has 3 aromatic carbocycles. The third-order valence-electron chi connectivity index (χ3n) is 5.57. The second-order valence-corrected chi connectivity index (χ2v) is 7.75. The van der Waals surface area contributed by atoms with E-state index in [2.05, 4.69) is 5.10 Å². The van der Waals surface area contributed by atoms with E-state index in [-0.39, 0.29) is 16.9 Å². The first-order chi connectivity index (χ1) is 16.9. The van der Waals surface area contributed by atoms with Crippen molar-refractivity contribution in [3.63, 3.8) is 0 Å². The molecular formula is C25H22N4O6. The first kappa shape index (κ1) is 23.4. The van der Waals surface area contributed by atoms with Gasteiger partial charge in [-0.1, -0.05) is 42.5 Å². The molecule has 35 heavy (non-hydrogen) atoms. The van der Waals surface area contributed by atoms with Gasteiger partial charge in [0.1, 0.15) is 5.75 Å². The second-order valence-electron chi connectivity index (χ2n) is 7.75. The molecule has 0 bridgehead atoms. The van der Waals surface area contributed by atoms with E-state index in [0.717, 1.165) is 17.2 Å². The van der Waals surface area contributed by atoms with Crippen molar-refractivity contribution in [3.8, 4) is 5.75 Å². The van der Waals surface area contributed by atoms with Crippen LogP contribution < -0.4 is 10.5 Å². The number of carbonyl (C=O) groups excluding carboxylic acids is 2. The van der Waals surface area contributed by atoms with Crippen LogP contribution in [0.4, 0.5) is 11.4 Å². The maximum atomic E-state index is 13.1. The number of nitrogens with zero attached hydrogens (tertiary/aromatic N) is 3. The van der Waals surface area contributed by atoms with E-state index in [1.807, 2.05) is 42.5 Å². The summed E-state index contributed by atoms with van der Waals surface area (Å²) in [6.07, 6.45) is 0.466. The number of hydrogen-bond acceptors (Lipinski definition) is 8. The van der Waals surface area contributed by atoms with Gasteiger partial charge in [-0.2, -0.15) is 5.10 Å². The van der Waals surface area contributed by atoms with Gasteiger partial charge >= 0.3 is 5.97 Å². The Hall–Kier alpha value is -4.73. The molecule has 1 unspecified atom stereocenters. The van der Waals surface area contributed by atoms with Crippen LogP contribution in [0.3, 0.4) is 0 Å². The van der Waals surface area contributed by atoms with Crippen LogP contribution in [0.5, 0.6) is 5.75 Å². The van der Waals surface area contributed by atoms with Crippen LogP contribution in [0.2, 0.25) is 0 Å². The lowest BCUT2D eigenvalue weighted by Crippen LogP contribution is -2.31. The highest BCUT2D eigenvalue weighted by atomic mass is 16.6. The van der Waals surface area contributed by atoms with Crippen molar-refractivity contribution >= 4 is 29.0 Å². The zero-order chi connectivity index (χ0) is 24.9. The Kier molecular flexibility index (Phi) is 6.72. The molecule has 1 aliphatic rings. The number of non-ortho nitro benzene ring substituents is 1. The molecule has 1 amide bonds. The van der Waals surface area contributed by atoms with Gasteiger partial charge in [-0.15, -0.1) is 0 Å². The molecule has 2 N–H and O–H groups in total. The fraction of sp³-hybridized carbons (Fsp3) is 0.160. The first-order valence-electron chi connectivity index (χ1n) is 10.7. The molecule has 1 heterocycles. The molecule has 0 fully saturated rings. The van der Waals surface area contributed by atoms with Gasteiger partial charge in [0, 0.05) is 24.2 Å². The second kappa shape index (κ2) is 10.0. The van der Waals surface area contributed by atoms with Gasteiger partial charge in [-0.3, -0.25) is 14.9 Å². The number of methoxy groups -OCH3 is 1. The van der Waals surface area contributed by atoms with Gasteiger partial charge in [0.2, 0.25) is 0 Å². The molecule has 0 spiro atoms. The van der Waals surface area contributed by atoms with Crippen molar-refractivity contribution in [2.45, 2.75) is 12.5 Å². The minimum Gasteiger partial charge on any atom is -0.497 e. The van der Waals surface area contributed by atoms with Crippen molar-refractivity contribution in [2.24, 2.45) is 5.10 Å². The Morgan fingerprint density at radius 3 is 2.49 bits per heavy atom. The molecule has 1 atom stereocenters. The van der Waals surface area contributed by atoms with Crippen molar-refractivity contribution < 1.29 is 24.0 Å². The molecule has 0 aliphatic carbocycles.